The largest absolute Gasteiger partial charge is 0.313 e. The quantitative estimate of drug-likeness (QED) is 0.752. The zero-order valence-electron chi connectivity index (χ0n) is 13.8. The van der Waals surface area contributed by atoms with Crippen LogP contribution >= 0.6 is 23.1 Å². The number of halogens is 2. The van der Waals surface area contributed by atoms with Gasteiger partial charge >= 0.3 is 0 Å². The fraction of sp³-hybridized carbons (Fsp3) is 0.294. The van der Waals surface area contributed by atoms with Gasteiger partial charge in [-0.25, -0.2) is 17.2 Å². The standard InChI is InChI=1S/C17H14F2N2O3S3/c18-10-3-4-13(12(19)6-10)21-14-8-27(23,24)9-15(14)26-17(21)20-16(22)7-11-2-1-5-25-11/h1-6,14-15H,7-9H2/t14-,15-/m0/s1. The van der Waals surface area contributed by atoms with Crippen LogP contribution < -0.4 is 4.90 Å². The molecule has 4 rings (SSSR count). The second-order valence-electron chi connectivity index (χ2n) is 6.31. The smallest absolute Gasteiger partial charge is 0.253 e. The first-order valence-corrected chi connectivity index (χ1v) is 11.7. The van der Waals surface area contributed by atoms with Gasteiger partial charge in [-0.15, -0.1) is 11.3 Å². The molecule has 0 N–H and O–H groups in total. The maximum absolute atomic E-state index is 14.4. The molecule has 1 amide bonds. The Morgan fingerprint density at radius 1 is 1.26 bits per heavy atom. The van der Waals surface area contributed by atoms with Crippen LogP contribution in [-0.4, -0.2) is 42.3 Å². The van der Waals surface area contributed by atoms with E-state index in [1.54, 1.807) is 0 Å². The number of amides is 1. The van der Waals surface area contributed by atoms with Crippen molar-refractivity contribution in [1.29, 1.82) is 0 Å². The third-order valence-corrected chi connectivity index (χ3v) is 8.45. The Kier molecular flexibility index (Phi) is 4.81. The van der Waals surface area contributed by atoms with E-state index in [1.807, 2.05) is 17.5 Å². The van der Waals surface area contributed by atoms with E-state index in [4.69, 9.17) is 0 Å². The molecule has 142 valence electrons. The Hall–Kier alpha value is -1.78. The molecular formula is C17H14F2N2O3S3. The summed E-state index contributed by atoms with van der Waals surface area (Å²) >= 11 is 2.59. The predicted octanol–water partition coefficient (Wildman–Crippen LogP) is 2.87. The van der Waals surface area contributed by atoms with Crippen molar-refractivity contribution >= 4 is 49.7 Å². The third kappa shape index (κ3) is 3.78. The van der Waals surface area contributed by atoms with E-state index in [2.05, 4.69) is 4.99 Å². The second kappa shape index (κ2) is 6.99. The lowest BCUT2D eigenvalue weighted by Gasteiger charge is -2.24. The van der Waals surface area contributed by atoms with Crippen LogP contribution in [0.3, 0.4) is 0 Å². The minimum absolute atomic E-state index is 0.0242. The van der Waals surface area contributed by atoms with E-state index >= 15 is 0 Å². The molecule has 0 bridgehead atoms. The first-order valence-electron chi connectivity index (χ1n) is 8.08. The number of nitrogens with zero attached hydrogens (tertiary/aromatic N) is 2. The van der Waals surface area contributed by atoms with Crippen molar-refractivity contribution in [1.82, 2.24) is 0 Å². The molecule has 0 unspecified atom stereocenters. The van der Waals surface area contributed by atoms with Gasteiger partial charge in [0.25, 0.3) is 5.91 Å². The van der Waals surface area contributed by atoms with Crippen LogP contribution in [0.15, 0.2) is 40.7 Å². The van der Waals surface area contributed by atoms with Gasteiger partial charge < -0.3 is 4.90 Å². The fourth-order valence-electron chi connectivity index (χ4n) is 3.23. The van der Waals surface area contributed by atoms with E-state index in [0.717, 1.165) is 28.8 Å². The average Bonchev–Trinajstić information content (AvgIpc) is 3.23. The summed E-state index contributed by atoms with van der Waals surface area (Å²) in [6.07, 6.45) is 0.120. The Morgan fingerprint density at radius 3 is 2.78 bits per heavy atom. The lowest BCUT2D eigenvalue weighted by molar-refractivity contribution is -0.117. The highest BCUT2D eigenvalue weighted by Crippen LogP contribution is 2.41. The highest BCUT2D eigenvalue weighted by Gasteiger charge is 2.50. The van der Waals surface area contributed by atoms with Crippen molar-refractivity contribution in [3.63, 3.8) is 0 Å². The normalized spacial score (nSPS) is 25.1. The summed E-state index contributed by atoms with van der Waals surface area (Å²) in [4.78, 5) is 18.7. The Bertz CT molecular complexity index is 1020. The molecule has 2 fully saturated rings. The number of sulfone groups is 1. The Balaban J connectivity index is 1.69. The van der Waals surface area contributed by atoms with Crippen molar-refractivity contribution in [3.05, 3.63) is 52.2 Å². The van der Waals surface area contributed by atoms with Gasteiger partial charge in [0.15, 0.2) is 15.0 Å². The number of aliphatic imine (C=N–C) groups is 1. The summed E-state index contributed by atoms with van der Waals surface area (Å²) in [6, 6.07) is 6.21. The fourth-order valence-corrected chi connectivity index (χ4v) is 7.85. The Morgan fingerprint density at radius 2 is 2.07 bits per heavy atom. The SMILES string of the molecule is O=C(Cc1cccs1)N=C1S[C@H]2CS(=O)(=O)C[C@@H]2N1c1ccc(F)cc1F. The summed E-state index contributed by atoms with van der Waals surface area (Å²) in [7, 11) is -3.26. The molecule has 0 spiro atoms. The van der Waals surface area contributed by atoms with E-state index in [1.165, 1.54) is 22.3 Å². The number of fused-ring (bicyclic) bond motifs is 1. The number of hydrogen-bond donors (Lipinski definition) is 0. The minimum atomic E-state index is -3.26. The van der Waals surface area contributed by atoms with Gasteiger partial charge in [-0.1, -0.05) is 17.8 Å². The Labute approximate surface area is 163 Å². The number of hydrogen-bond acceptors (Lipinski definition) is 5. The van der Waals surface area contributed by atoms with E-state index in [-0.39, 0.29) is 34.0 Å². The van der Waals surface area contributed by atoms with Crippen LogP contribution in [-0.2, 0) is 21.1 Å². The van der Waals surface area contributed by atoms with Gasteiger partial charge in [0.2, 0.25) is 0 Å². The molecule has 2 aliphatic heterocycles. The topological polar surface area (TPSA) is 66.8 Å². The molecule has 2 saturated heterocycles. The zero-order valence-corrected chi connectivity index (χ0v) is 16.3. The number of amidine groups is 1. The number of thiophene rings is 1. The van der Waals surface area contributed by atoms with Crippen LogP contribution in [0.25, 0.3) is 0 Å². The molecule has 2 aliphatic rings. The highest BCUT2D eigenvalue weighted by atomic mass is 32.2. The molecule has 27 heavy (non-hydrogen) atoms. The first kappa shape index (κ1) is 18.6. The van der Waals surface area contributed by atoms with Crippen molar-refractivity contribution < 1.29 is 22.0 Å². The highest BCUT2D eigenvalue weighted by molar-refractivity contribution is 8.16. The van der Waals surface area contributed by atoms with Crippen molar-refractivity contribution in [2.75, 3.05) is 16.4 Å². The molecular weight excluding hydrogens is 414 g/mol. The van der Waals surface area contributed by atoms with Crippen molar-refractivity contribution in [3.8, 4) is 0 Å². The molecule has 1 aromatic carbocycles. The maximum Gasteiger partial charge on any atom is 0.253 e. The molecule has 0 radical (unpaired) electrons. The second-order valence-corrected chi connectivity index (χ2v) is 10.7. The molecule has 0 aliphatic carbocycles. The van der Waals surface area contributed by atoms with Crippen LogP contribution in [0.4, 0.5) is 14.5 Å². The lowest BCUT2D eigenvalue weighted by Crippen LogP contribution is -2.38. The first-order chi connectivity index (χ1) is 12.8. The van der Waals surface area contributed by atoms with Gasteiger partial charge in [0.1, 0.15) is 11.6 Å². The summed E-state index contributed by atoms with van der Waals surface area (Å²) in [5.41, 5.74) is 0.0242. The third-order valence-electron chi connectivity index (χ3n) is 4.36. The number of benzene rings is 1. The number of carbonyl (C=O) groups excluding carboxylic acids is 1. The van der Waals surface area contributed by atoms with Gasteiger partial charge in [-0.05, 0) is 23.6 Å². The lowest BCUT2D eigenvalue weighted by atomic mass is 10.2. The summed E-state index contributed by atoms with van der Waals surface area (Å²) in [6.45, 7) is 0. The molecule has 1 aromatic heterocycles. The van der Waals surface area contributed by atoms with Gasteiger partial charge in [0.05, 0.1) is 29.7 Å². The van der Waals surface area contributed by atoms with Crippen molar-refractivity contribution in [2.45, 2.75) is 17.7 Å². The number of anilines is 1. The summed E-state index contributed by atoms with van der Waals surface area (Å²) < 4.78 is 51.7. The van der Waals surface area contributed by atoms with Crippen LogP contribution in [0.2, 0.25) is 0 Å². The van der Waals surface area contributed by atoms with Crippen LogP contribution in [0.5, 0.6) is 0 Å². The minimum Gasteiger partial charge on any atom is -0.313 e. The number of carbonyl (C=O) groups is 1. The molecule has 10 heteroatoms. The summed E-state index contributed by atoms with van der Waals surface area (Å²) in [5.74, 6) is -2.15. The molecule has 2 aromatic rings. The molecule has 2 atom stereocenters. The zero-order chi connectivity index (χ0) is 19.2. The van der Waals surface area contributed by atoms with Crippen LogP contribution in [0.1, 0.15) is 4.88 Å². The van der Waals surface area contributed by atoms with Gasteiger partial charge in [0, 0.05) is 16.2 Å². The monoisotopic (exact) mass is 428 g/mol. The average molecular weight is 429 g/mol. The maximum atomic E-state index is 14.4. The number of rotatable bonds is 3. The van der Waals surface area contributed by atoms with E-state index in [9.17, 15) is 22.0 Å². The summed E-state index contributed by atoms with van der Waals surface area (Å²) in [5, 5.41) is 1.77. The van der Waals surface area contributed by atoms with Gasteiger partial charge in [-0.3, -0.25) is 4.79 Å². The number of thioether (sulfide) groups is 1. The molecule has 3 heterocycles. The van der Waals surface area contributed by atoms with Crippen LogP contribution in [0, 0.1) is 11.6 Å². The van der Waals surface area contributed by atoms with E-state index < -0.39 is 33.4 Å². The molecule has 5 nitrogen and oxygen atoms in total. The van der Waals surface area contributed by atoms with Crippen molar-refractivity contribution in [2.24, 2.45) is 4.99 Å². The van der Waals surface area contributed by atoms with E-state index in [0.29, 0.717) is 0 Å². The molecule has 0 saturated carbocycles. The van der Waals surface area contributed by atoms with Gasteiger partial charge in [-0.2, -0.15) is 4.99 Å². The predicted molar refractivity (Wildman–Crippen MR) is 103 cm³/mol.